The monoisotopic (exact) mass is 207 g/mol. The zero-order valence-corrected chi connectivity index (χ0v) is 8.78. The summed E-state index contributed by atoms with van der Waals surface area (Å²) in [6, 6.07) is 10.3. The Bertz CT molecular complexity index is 285. The predicted octanol–water partition coefficient (Wildman–Crippen LogP) is 1.68. The molecule has 1 aromatic carbocycles. The van der Waals surface area contributed by atoms with Gasteiger partial charge in [-0.15, -0.1) is 0 Å². The molecule has 0 fully saturated rings. The van der Waals surface area contributed by atoms with Crippen molar-refractivity contribution in [2.45, 2.75) is 19.3 Å². The first-order chi connectivity index (χ1) is 7.29. The highest BCUT2D eigenvalue weighted by molar-refractivity contribution is 5.68. The van der Waals surface area contributed by atoms with Crippen LogP contribution in [0.3, 0.4) is 0 Å². The number of carbonyl (C=O) groups is 1. The molecule has 82 valence electrons. The maximum atomic E-state index is 10.2. The summed E-state index contributed by atoms with van der Waals surface area (Å²) in [4.78, 5) is 10.2. The van der Waals surface area contributed by atoms with E-state index in [1.165, 1.54) is 5.56 Å². The number of aliphatic carboxylic acids is 1. The second kappa shape index (κ2) is 7.01. The number of aryl methyl sites for hydroxylation is 1. The third kappa shape index (κ3) is 5.86. The number of nitrogens with one attached hydrogen (secondary N) is 1. The van der Waals surface area contributed by atoms with Crippen molar-refractivity contribution in [2.75, 3.05) is 13.1 Å². The van der Waals surface area contributed by atoms with Gasteiger partial charge in [-0.3, -0.25) is 4.79 Å². The first kappa shape index (κ1) is 11.7. The quantitative estimate of drug-likeness (QED) is 0.669. The highest BCUT2D eigenvalue weighted by Gasteiger charge is 1.95. The maximum Gasteiger partial charge on any atom is 0.317 e. The van der Waals surface area contributed by atoms with Gasteiger partial charge >= 0.3 is 5.97 Å². The lowest BCUT2D eigenvalue weighted by molar-refractivity contribution is -0.135. The van der Waals surface area contributed by atoms with Gasteiger partial charge in [-0.05, 0) is 31.4 Å². The minimum absolute atomic E-state index is 0.0609. The van der Waals surface area contributed by atoms with Gasteiger partial charge in [0.15, 0.2) is 0 Å². The summed E-state index contributed by atoms with van der Waals surface area (Å²) >= 11 is 0. The fourth-order valence-electron chi connectivity index (χ4n) is 1.42. The van der Waals surface area contributed by atoms with Crippen LogP contribution in [0.4, 0.5) is 0 Å². The number of carboxylic acids is 1. The van der Waals surface area contributed by atoms with Gasteiger partial charge in [0, 0.05) is 0 Å². The molecule has 0 radical (unpaired) electrons. The average Bonchev–Trinajstić information content (AvgIpc) is 2.24. The number of hydrogen-bond donors (Lipinski definition) is 2. The van der Waals surface area contributed by atoms with Crippen molar-refractivity contribution in [3.63, 3.8) is 0 Å². The Kier molecular flexibility index (Phi) is 5.48. The van der Waals surface area contributed by atoms with Crippen molar-refractivity contribution in [3.05, 3.63) is 35.9 Å². The molecule has 0 heterocycles. The second-order valence-electron chi connectivity index (χ2n) is 3.51. The van der Waals surface area contributed by atoms with Gasteiger partial charge in [0.2, 0.25) is 0 Å². The zero-order chi connectivity index (χ0) is 10.9. The van der Waals surface area contributed by atoms with Crippen molar-refractivity contribution in [1.82, 2.24) is 5.32 Å². The van der Waals surface area contributed by atoms with Crippen molar-refractivity contribution in [1.29, 1.82) is 0 Å². The molecule has 0 unspecified atom stereocenters. The Morgan fingerprint density at radius 3 is 2.60 bits per heavy atom. The van der Waals surface area contributed by atoms with E-state index >= 15 is 0 Å². The molecule has 2 N–H and O–H groups in total. The molecule has 0 saturated carbocycles. The number of unbranched alkanes of at least 4 members (excludes halogenated alkanes) is 1. The van der Waals surface area contributed by atoms with E-state index in [0.29, 0.717) is 0 Å². The van der Waals surface area contributed by atoms with E-state index in [4.69, 9.17) is 5.11 Å². The summed E-state index contributed by atoms with van der Waals surface area (Å²) in [7, 11) is 0. The molecule has 1 aromatic rings. The van der Waals surface area contributed by atoms with Crippen LogP contribution in [0.1, 0.15) is 18.4 Å². The molecular weight excluding hydrogens is 190 g/mol. The van der Waals surface area contributed by atoms with E-state index in [9.17, 15) is 4.79 Å². The van der Waals surface area contributed by atoms with Crippen LogP contribution in [-0.4, -0.2) is 24.2 Å². The molecule has 0 atom stereocenters. The van der Waals surface area contributed by atoms with Crippen LogP contribution in [0.2, 0.25) is 0 Å². The van der Waals surface area contributed by atoms with E-state index in [2.05, 4.69) is 17.4 Å². The molecule has 3 heteroatoms. The fraction of sp³-hybridized carbons (Fsp3) is 0.417. The first-order valence-electron chi connectivity index (χ1n) is 5.25. The lowest BCUT2D eigenvalue weighted by atomic mass is 10.1. The molecule has 0 aliphatic rings. The number of hydrogen-bond acceptors (Lipinski definition) is 2. The number of carboxylic acid groups (broad SMARTS) is 1. The van der Waals surface area contributed by atoms with Crippen LogP contribution >= 0.6 is 0 Å². The standard InChI is InChI=1S/C12H17NO2/c14-12(15)10-13-9-5-4-8-11-6-2-1-3-7-11/h1-3,6-7,13H,4-5,8-10H2,(H,14,15). The summed E-state index contributed by atoms with van der Waals surface area (Å²) in [5, 5.41) is 11.3. The van der Waals surface area contributed by atoms with Crippen LogP contribution in [0, 0.1) is 0 Å². The Balaban J connectivity index is 2.00. The van der Waals surface area contributed by atoms with Gasteiger partial charge in [0.05, 0.1) is 6.54 Å². The molecule has 0 aliphatic heterocycles. The van der Waals surface area contributed by atoms with Crippen molar-refractivity contribution in [2.24, 2.45) is 0 Å². The van der Waals surface area contributed by atoms with Gasteiger partial charge in [-0.25, -0.2) is 0 Å². The fourth-order valence-corrected chi connectivity index (χ4v) is 1.42. The molecule has 15 heavy (non-hydrogen) atoms. The second-order valence-corrected chi connectivity index (χ2v) is 3.51. The molecule has 0 bridgehead atoms. The van der Waals surface area contributed by atoms with Gasteiger partial charge < -0.3 is 10.4 Å². The Morgan fingerprint density at radius 2 is 1.93 bits per heavy atom. The summed E-state index contributed by atoms with van der Waals surface area (Å²) in [6.45, 7) is 0.838. The molecule has 0 spiro atoms. The van der Waals surface area contributed by atoms with Crippen molar-refractivity contribution < 1.29 is 9.90 Å². The minimum Gasteiger partial charge on any atom is -0.480 e. The number of rotatable bonds is 7. The largest absolute Gasteiger partial charge is 0.480 e. The van der Waals surface area contributed by atoms with Crippen LogP contribution < -0.4 is 5.32 Å². The highest BCUT2D eigenvalue weighted by atomic mass is 16.4. The Morgan fingerprint density at radius 1 is 1.20 bits per heavy atom. The molecule has 1 rings (SSSR count). The summed E-state index contributed by atoms with van der Waals surface area (Å²) in [5.41, 5.74) is 1.34. The molecule has 0 saturated heterocycles. The predicted molar refractivity (Wildman–Crippen MR) is 59.9 cm³/mol. The molecular formula is C12H17NO2. The van der Waals surface area contributed by atoms with Gasteiger partial charge in [-0.1, -0.05) is 30.3 Å². The Labute approximate surface area is 90.1 Å². The van der Waals surface area contributed by atoms with E-state index < -0.39 is 5.97 Å². The van der Waals surface area contributed by atoms with Gasteiger partial charge in [0.1, 0.15) is 0 Å². The van der Waals surface area contributed by atoms with Gasteiger partial charge in [0.25, 0.3) is 0 Å². The SMILES string of the molecule is O=C(O)CNCCCCc1ccccc1. The molecule has 3 nitrogen and oxygen atoms in total. The maximum absolute atomic E-state index is 10.2. The third-order valence-electron chi connectivity index (χ3n) is 2.19. The lowest BCUT2D eigenvalue weighted by Gasteiger charge is -2.02. The summed E-state index contributed by atoms with van der Waals surface area (Å²) < 4.78 is 0. The third-order valence-corrected chi connectivity index (χ3v) is 2.19. The molecule has 0 aliphatic carbocycles. The van der Waals surface area contributed by atoms with Crippen LogP contribution in [-0.2, 0) is 11.2 Å². The Hall–Kier alpha value is -1.35. The average molecular weight is 207 g/mol. The summed E-state index contributed by atoms with van der Waals surface area (Å²) in [5.74, 6) is -0.793. The zero-order valence-electron chi connectivity index (χ0n) is 8.78. The first-order valence-corrected chi connectivity index (χ1v) is 5.25. The smallest absolute Gasteiger partial charge is 0.317 e. The summed E-state index contributed by atoms with van der Waals surface area (Å²) in [6.07, 6.45) is 3.17. The van der Waals surface area contributed by atoms with E-state index in [0.717, 1.165) is 25.8 Å². The van der Waals surface area contributed by atoms with Gasteiger partial charge in [-0.2, -0.15) is 0 Å². The minimum atomic E-state index is -0.793. The molecule has 0 amide bonds. The van der Waals surface area contributed by atoms with Crippen LogP contribution in [0.15, 0.2) is 30.3 Å². The number of benzene rings is 1. The normalized spacial score (nSPS) is 10.1. The van der Waals surface area contributed by atoms with Crippen molar-refractivity contribution in [3.8, 4) is 0 Å². The van der Waals surface area contributed by atoms with E-state index in [1.807, 2.05) is 18.2 Å². The molecule has 0 aromatic heterocycles. The van der Waals surface area contributed by atoms with Crippen molar-refractivity contribution >= 4 is 5.97 Å². The topological polar surface area (TPSA) is 49.3 Å². The van der Waals surface area contributed by atoms with E-state index in [1.54, 1.807) is 0 Å². The van der Waals surface area contributed by atoms with E-state index in [-0.39, 0.29) is 6.54 Å². The lowest BCUT2D eigenvalue weighted by Crippen LogP contribution is -2.23. The van der Waals surface area contributed by atoms with Crippen LogP contribution in [0.5, 0.6) is 0 Å². The highest BCUT2D eigenvalue weighted by Crippen LogP contribution is 2.03. The van der Waals surface area contributed by atoms with Crippen LogP contribution in [0.25, 0.3) is 0 Å².